The molecule has 122 valence electrons. The Morgan fingerprint density at radius 3 is 2.52 bits per heavy atom. The summed E-state index contributed by atoms with van der Waals surface area (Å²) in [5.41, 5.74) is 0.400. The molecule has 0 aliphatic heterocycles. The van der Waals surface area contributed by atoms with Gasteiger partial charge in [-0.15, -0.1) is 0 Å². The highest BCUT2D eigenvalue weighted by Crippen LogP contribution is 2.60. The molecular formula is C19H34O2. The monoisotopic (exact) mass is 294 g/mol. The number of aldehydes is 1. The van der Waals surface area contributed by atoms with Crippen LogP contribution in [0.5, 0.6) is 0 Å². The fourth-order valence-corrected chi connectivity index (χ4v) is 6.15. The summed E-state index contributed by atoms with van der Waals surface area (Å²) in [6, 6.07) is 0. The van der Waals surface area contributed by atoms with Crippen molar-refractivity contribution in [3.8, 4) is 0 Å². The second kappa shape index (κ2) is 7.26. The summed E-state index contributed by atoms with van der Waals surface area (Å²) in [5, 5.41) is 7.00. The van der Waals surface area contributed by atoms with E-state index in [1.807, 2.05) is 0 Å². The van der Waals surface area contributed by atoms with Crippen molar-refractivity contribution in [3.05, 3.63) is 0 Å². The lowest BCUT2D eigenvalue weighted by atomic mass is 9.47. The van der Waals surface area contributed by atoms with Crippen LogP contribution in [-0.4, -0.2) is 18.5 Å². The predicted octanol–water partition coefficient (Wildman–Crippen LogP) is 4.45. The lowest BCUT2D eigenvalue weighted by Gasteiger charge is -2.57. The fourth-order valence-electron chi connectivity index (χ4n) is 6.15. The summed E-state index contributed by atoms with van der Waals surface area (Å²) in [7, 11) is 1.00. The van der Waals surface area contributed by atoms with Crippen molar-refractivity contribution in [2.45, 2.75) is 71.6 Å². The van der Waals surface area contributed by atoms with Gasteiger partial charge in [0.15, 0.2) is 0 Å². The van der Waals surface area contributed by atoms with Crippen LogP contribution >= 0.6 is 0 Å². The smallest absolute Gasteiger partial charge is 0.120 e. The molecule has 0 aromatic heterocycles. The van der Waals surface area contributed by atoms with E-state index in [1.165, 1.54) is 57.7 Å². The molecule has 0 saturated heterocycles. The summed E-state index contributed by atoms with van der Waals surface area (Å²) >= 11 is 0. The van der Waals surface area contributed by atoms with Crippen molar-refractivity contribution < 1.29 is 9.90 Å². The SMILES string of the molecule is CC1CCC2C3CCCC(C)C3CC[C@]2(CC=O)C1.CO. The van der Waals surface area contributed by atoms with Crippen molar-refractivity contribution in [1.29, 1.82) is 0 Å². The molecule has 3 aliphatic carbocycles. The second-order valence-corrected chi connectivity index (χ2v) is 8.00. The van der Waals surface area contributed by atoms with Gasteiger partial charge in [0.1, 0.15) is 6.29 Å². The summed E-state index contributed by atoms with van der Waals surface area (Å²) < 4.78 is 0. The zero-order valence-corrected chi connectivity index (χ0v) is 14.2. The first kappa shape index (κ1) is 17.0. The van der Waals surface area contributed by atoms with Crippen LogP contribution in [0.1, 0.15) is 71.6 Å². The molecule has 3 fully saturated rings. The molecule has 0 radical (unpaired) electrons. The van der Waals surface area contributed by atoms with Crippen LogP contribution in [-0.2, 0) is 4.79 Å². The Morgan fingerprint density at radius 2 is 1.81 bits per heavy atom. The minimum absolute atomic E-state index is 0.400. The van der Waals surface area contributed by atoms with Gasteiger partial charge in [0.05, 0.1) is 0 Å². The number of aliphatic hydroxyl groups is 1. The van der Waals surface area contributed by atoms with Gasteiger partial charge in [-0.2, -0.15) is 0 Å². The van der Waals surface area contributed by atoms with Crippen molar-refractivity contribution in [3.63, 3.8) is 0 Å². The number of aliphatic hydroxyl groups excluding tert-OH is 1. The Bertz CT molecular complexity index is 340. The first-order chi connectivity index (χ1) is 10.2. The van der Waals surface area contributed by atoms with E-state index in [1.54, 1.807) is 0 Å². The van der Waals surface area contributed by atoms with Crippen LogP contribution in [0, 0.1) is 35.0 Å². The Kier molecular flexibility index (Phi) is 5.88. The van der Waals surface area contributed by atoms with E-state index in [9.17, 15) is 4.79 Å². The van der Waals surface area contributed by atoms with E-state index in [0.29, 0.717) is 5.41 Å². The van der Waals surface area contributed by atoms with Crippen LogP contribution < -0.4 is 0 Å². The average molecular weight is 294 g/mol. The lowest BCUT2D eigenvalue weighted by molar-refractivity contribution is -0.119. The van der Waals surface area contributed by atoms with Crippen LogP contribution in [0.3, 0.4) is 0 Å². The van der Waals surface area contributed by atoms with Gasteiger partial charge in [-0.3, -0.25) is 0 Å². The first-order valence-corrected chi connectivity index (χ1v) is 9.04. The molecule has 6 atom stereocenters. The van der Waals surface area contributed by atoms with Crippen LogP contribution in [0.15, 0.2) is 0 Å². The highest BCUT2D eigenvalue weighted by atomic mass is 16.2. The van der Waals surface area contributed by atoms with E-state index in [-0.39, 0.29) is 0 Å². The van der Waals surface area contributed by atoms with E-state index >= 15 is 0 Å². The topological polar surface area (TPSA) is 37.3 Å². The van der Waals surface area contributed by atoms with Crippen molar-refractivity contribution >= 4 is 6.29 Å². The first-order valence-electron chi connectivity index (χ1n) is 9.04. The van der Waals surface area contributed by atoms with Crippen LogP contribution in [0.4, 0.5) is 0 Å². The number of fused-ring (bicyclic) bond motifs is 3. The molecule has 0 aromatic carbocycles. The maximum atomic E-state index is 11.3. The third kappa shape index (κ3) is 3.21. The number of hydrogen-bond donors (Lipinski definition) is 1. The van der Waals surface area contributed by atoms with Gasteiger partial charge < -0.3 is 9.90 Å². The molecule has 3 aliphatic rings. The van der Waals surface area contributed by atoms with Crippen molar-refractivity contribution in [2.24, 2.45) is 35.0 Å². The highest BCUT2D eigenvalue weighted by Gasteiger charge is 2.52. The summed E-state index contributed by atoms with van der Waals surface area (Å²) in [4.78, 5) is 11.3. The summed E-state index contributed by atoms with van der Waals surface area (Å²) in [6.07, 6.45) is 13.3. The maximum absolute atomic E-state index is 11.3. The third-order valence-electron chi connectivity index (χ3n) is 6.97. The molecule has 0 bridgehead atoms. The number of carbonyl (C=O) groups excluding carboxylic acids is 1. The lowest BCUT2D eigenvalue weighted by Crippen LogP contribution is -2.49. The standard InChI is InChI=1S/C18H30O.CH4O/c1-13-6-7-17-16-5-3-4-14(2)15(16)8-9-18(17,12-13)10-11-19;1-2/h11,13-17H,3-10,12H2,1-2H3;2H,1H3/t13?,14?,15?,16?,17?,18-;/m0./s1. The van der Waals surface area contributed by atoms with E-state index in [0.717, 1.165) is 43.1 Å². The molecule has 0 spiro atoms. The zero-order chi connectivity index (χ0) is 15.5. The molecule has 3 saturated carbocycles. The van der Waals surface area contributed by atoms with E-state index < -0.39 is 0 Å². The Morgan fingerprint density at radius 1 is 1.05 bits per heavy atom. The summed E-state index contributed by atoms with van der Waals surface area (Å²) in [5.74, 6) is 4.58. The number of hydrogen-bond acceptors (Lipinski definition) is 2. The summed E-state index contributed by atoms with van der Waals surface area (Å²) in [6.45, 7) is 4.88. The minimum atomic E-state index is 0.400. The second-order valence-electron chi connectivity index (χ2n) is 8.00. The fraction of sp³-hybridized carbons (Fsp3) is 0.947. The highest BCUT2D eigenvalue weighted by molar-refractivity contribution is 5.51. The largest absolute Gasteiger partial charge is 0.400 e. The van der Waals surface area contributed by atoms with Crippen molar-refractivity contribution in [1.82, 2.24) is 0 Å². The van der Waals surface area contributed by atoms with Gasteiger partial charge in [0.25, 0.3) is 0 Å². The Balaban J connectivity index is 0.000000774. The number of rotatable bonds is 2. The molecule has 1 N–H and O–H groups in total. The Labute approximate surface area is 130 Å². The van der Waals surface area contributed by atoms with Crippen LogP contribution in [0.25, 0.3) is 0 Å². The third-order valence-corrected chi connectivity index (χ3v) is 6.97. The van der Waals surface area contributed by atoms with Crippen LogP contribution in [0.2, 0.25) is 0 Å². The molecule has 2 nitrogen and oxygen atoms in total. The van der Waals surface area contributed by atoms with E-state index in [4.69, 9.17) is 5.11 Å². The molecular weight excluding hydrogens is 260 g/mol. The molecule has 0 aromatic rings. The molecule has 0 heterocycles. The predicted molar refractivity (Wildman–Crippen MR) is 87.0 cm³/mol. The minimum Gasteiger partial charge on any atom is -0.400 e. The maximum Gasteiger partial charge on any atom is 0.120 e. The molecule has 2 heteroatoms. The molecule has 0 amide bonds. The van der Waals surface area contributed by atoms with Gasteiger partial charge in [-0.05, 0) is 67.1 Å². The Hall–Kier alpha value is -0.370. The van der Waals surface area contributed by atoms with Gasteiger partial charge >= 0.3 is 0 Å². The van der Waals surface area contributed by atoms with Gasteiger partial charge in [-0.25, -0.2) is 0 Å². The number of carbonyl (C=O) groups is 1. The average Bonchev–Trinajstić information content (AvgIpc) is 2.49. The zero-order valence-electron chi connectivity index (χ0n) is 14.2. The van der Waals surface area contributed by atoms with Crippen molar-refractivity contribution in [2.75, 3.05) is 7.11 Å². The van der Waals surface area contributed by atoms with Gasteiger partial charge in [0, 0.05) is 13.5 Å². The normalized spacial score (nSPS) is 45.6. The molecule has 21 heavy (non-hydrogen) atoms. The van der Waals surface area contributed by atoms with Gasteiger partial charge in [-0.1, -0.05) is 33.1 Å². The molecule has 3 rings (SSSR count). The van der Waals surface area contributed by atoms with Gasteiger partial charge in [0.2, 0.25) is 0 Å². The molecule has 5 unspecified atom stereocenters. The van der Waals surface area contributed by atoms with E-state index in [2.05, 4.69) is 13.8 Å². The quantitative estimate of drug-likeness (QED) is 0.764.